The maximum absolute atomic E-state index is 12.0. The molecule has 3 aromatic rings. The van der Waals surface area contributed by atoms with Crippen LogP contribution in [0.25, 0.3) is 5.82 Å². The molecule has 0 radical (unpaired) electrons. The van der Waals surface area contributed by atoms with Gasteiger partial charge in [0, 0.05) is 31.7 Å². The fourth-order valence-electron chi connectivity index (χ4n) is 2.02. The Balaban J connectivity index is 1.46. The molecule has 0 aliphatic carbocycles. The number of furan rings is 1. The van der Waals surface area contributed by atoms with Crippen molar-refractivity contribution in [2.45, 2.75) is 0 Å². The van der Waals surface area contributed by atoms with Crippen molar-refractivity contribution in [1.29, 1.82) is 0 Å². The van der Waals surface area contributed by atoms with Gasteiger partial charge in [-0.25, -0.2) is 9.97 Å². The molecule has 3 heterocycles. The normalized spacial score (nSPS) is 10.3. The molecule has 2 N–H and O–H groups in total. The molecule has 8 nitrogen and oxygen atoms in total. The standard InChI is InChI=1S/C16H15N5O3/c22-15(18-5-6-19-16(23)13-2-1-9-24-13)12-3-4-14(20-10-12)21-8-7-17-11-21/h1-4,7-11H,5-6H2,(H,18,22)(H,19,23). The van der Waals surface area contributed by atoms with E-state index in [1.807, 2.05) is 0 Å². The predicted molar refractivity (Wildman–Crippen MR) is 84.7 cm³/mol. The van der Waals surface area contributed by atoms with Crippen LogP contribution in [0.3, 0.4) is 0 Å². The first-order chi connectivity index (χ1) is 11.7. The summed E-state index contributed by atoms with van der Waals surface area (Å²) in [6, 6.07) is 6.62. The number of imidazole rings is 1. The van der Waals surface area contributed by atoms with Gasteiger partial charge in [-0.15, -0.1) is 0 Å². The number of carbonyl (C=O) groups is 2. The zero-order chi connectivity index (χ0) is 16.8. The molecule has 3 rings (SSSR count). The third-order valence-corrected chi connectivity index (χ3v) is 3.22. The SMILES string of the molecule is O=C(NCCNC(=O)c1ccco1)c1ccc(-n2ccnc2)nc1. The second-order valence-electron chi connectivity index (χ2n) is 4.86. The van der Waals surface area contributed by atoms with E-state index in [1.165, 1.54) is 12.5 Å². The lowest BCUT2D eigenvalue weighted by Crippen LogP contribution is -2.34. The highest BCUT2D eigenvalue weighted by Gasteiger charge is 2.09. The first-order valence-corrected chi connectivity index (χ1v) is 7.28. The van der Waals surface area contributed by atoms with E-state index >= 15 is 0 Å². The van der Waals surface area contributed by atoms with Crippen molar-refractivity contribution in [3.05, 3.63) is 66.8 Å². The van der Waals surface area contributed by atoms with Crippen LogP contribution in [0, 0.1) is 0 Å². The molecule has 0 atom stereocenters. The van der Waals surface area contributed by atoms with Crippen LogP contribution in [0.4, 0.5) is 0 Å². The Morgan fingerprint density at radius 2 is 1.96 bits per heavy atom. The third-order valence-electron chi connectivity index (χ3n) is 3.22. The molecule has 0 fully saturated rings. The summed E-state index contributed by atoms with van der Waals surface area (Å²) in [5, 5.41) is 5.36. The number of hydrogen-bond acceptors (Lipinski definition) is 5. The van der Waals surface area contributed by atoms with Gasteiger partial charge in [0.2, 0.25) is 0 Å². The Morgan fingerprint density at radius 1 is 1.12 bits per heavy atom. The van der Waals surface area contributed by atoms with E-state index in [-0.39, 0.29) is 17.6 Å². The van der Waals surface area contributed by atoms with Gasteiger partial charge < -0.3 is 15.1 Å². The summed E-state index contributed by atoms with van der Waals surface area (Å²) >= 11 is 0. The first kappa shape index (κ1) is 15.5. The average Bonchev–Trinajstić information content (AvgIpc) is 3.32. The van der Waals surface area contributed by atoms with Crippen LogP contribution in [0.5, 0.6) is 0 Å². The smallest absolute Gasteiger partial charge is 0.287 e. The minimum atomic E-state index is -0.319. The molecule has 3 aromatic heterocycles. The van der Waals surface area contributed by atoms with Crippen molar-refractivity contribution in [2.24, 2.45) is 0 Å². The molecule has 0 spiro atoms. The van der Waals surface area contributed by atoms with E-state index in [0.29, 0.717) is 24.5 Å². The molecule has 24 heavy (non-hydrogen) atoms. The van der Waals surface area contributed by atoms with Crippen LogP contribution in [-0.2, 0) is 0 Å². The van der Waals surface area contributed by atoms with Gasteiger partial charge in [-0.3, -0.25) is 14.2 Å². The number of rotatable bonds is 6. The summed E-state index contributed by atoms with van der Waals surface area (Å²) < 4.78 is 6.71. The summed E-state index contributed by atoms with van der Waals surface area (Å²) in [5.41, 5.74) is 0.441. The highest BCUT2D eigenvalue weighted by Crippen LogP contribution is 2.05. The number of nitrogens with zero attached hydrogens (tertiary/aromatic N) is 3. The van der Waals surface area contributed by atoms with E-state index in [4.69, 9.17) is 4.42 Å². The fraction of sp³-hybridized carbons (Fsp3) is 0.125. The van der Waals surface area contributed by atoms with Gasteiger partial charge in [-0.05, 0) is 24.3 Å². The molecule has 0 saturated carbocycles. The minimum absolute atomic E-state index is 0.237. The number of nitrogens with one attached hydrogen (secondary N) is 2. The second-order valence-corrected chi connectivity index (χ2v) is 4.86. The van der Waals surface area contributed by atoms with E-state index in [1.54, 1.807) is 47.6 Å². The quantitative estimate of drug-likeness (QED) is 0.659. The highest BCUT2D eigenvalue weighted by atomic mass is 16.3. The lowest BCUT2D eigenvalue weighted by molar-refractivity contribution is 0.0910. The Labute approximate surface area is 137 Å². The largest absolute Gasteiger partial charge is 0.459 e. The summed E-state index contributed by atoms with van der Waals surface area (Å²) in [4.78, 5) is 31.8. The molecule has 0 aliphatic heterocycles. The van der Waals surface area contributed by atoms with Gasteiger partial charge >= 0.3 is 0 Å². The molecule has 8 heteroatoms. The van der Waals surface area contributed by atoms with Crippen LogP contribution < -0.4 is 10.6 Å². The fourth-order valence-corrected chi connectivity index (χ4v) is 2.02. The lowest BCUT2D eigenvalue weighted by Gasteiger charge is -2.07. The molecule has 0 aliphatic rings. The lowest BCUT2D eigenvalue weighted by atomic mass is 10.2. The van der Waals surface area contributed by atoms with Crippen molar-refractivity contribution in [3.8, 4) is 5.82 Å². The molecule has 0 saturated heterocycles. The first-order valence-electron chi connectivity index (χ1n) is 7.28. The molecular formula is C16H15N5O3. The van der Waals surface area contributed by atoms with Crippen molar-refractivity contribution in [3.63, 3.8) is 0 Å². The number of carbonyl (C=O) groups excluding carboxylic acids is 2. The van der Waals surface area contributed by atoms with Crippen LogP contribution in [0.15, 0.2) is 59.9 Å². The molecule has 122 valence electrons. The van der Waals surface area contributed by atoms with Crippen LogP contribution in [-0.4, -0.2) is 39.4 Å². The van der Waals surface area contributed by atoms with Crippen molar-refractivity contribution in [1.82, 2.24) is 25.2 Å². The maximum atomic E-state index is 12.0. The number of amides is 2. The topological polar surface area (TPSA) is 102 Å². The van der Waals surface area contributed by atoms with Gasteiger partial charge in [0.05, 0.1) is 11.8 Å². The number of hydrogen-bond donors (Lipinski definition) is 2. The van der Waals surface area contributed by atoms with Gasteiger partial charge in [-0.1, -0.05) is 0 Å². The van der Waals surface area contributed by atoms with Gasteiger partial charge in [0.15, 0.2) is 5.76 Å². The zero-order valence-corrected chi connectivity index (χ0v) is 12.7. The minimum Gasteiger partial charge on any atom is -0.459 e. The van der Waals surface area contributed by atoms with Crippen molar-refractivity contribution >= 4 is 11.8 Å². The predicted octanol–water partition coefficient (Wildman–Crippen LogP) is 1.02. The van der Waals surface area contributed by atoms with E-state index in [2.05, 4.69) is 20.6 Å². The van der Waals surface area contributed by atoms with Gasteiger partial charge in [0.1, 0.15) is 12.1 Å². The number of aromatic nitrogens is 3. The molecule has 0 unspecified atom stereocenters. The Kier molecular flexibility index (Phi) is 4.66. The molecule has 0 aromatic carbocycles. The Hall–Kier alpha value is -3.42. The molecular weight excluding hydrogens is 310 g/mol. The van der Waals surface area contributed by atoms with E-state index < -0.39 is 0 Å². The van der Waals surface area contributed by atoms with Gasteiger partial charge in [-0.2, -0.15) is 0 Å². The molecule has 2 amide bonds. The number of pyridine rings is 1. The third kappa shape index (κ3) is 3.67. The van der Waals surface area contributed by atoms with Crippen LogP contribution in [0.1, 0.15) is 20.9 Å². The van der Waals surface area contributed by atoms with E-state index in [9.17, 15) is 9.59 Å². The maximum Gasteiger partial charge on any atom is 0.287 e. The zero-order valence-electron chi connectivity index (χ0n) is 12.7. The summed E-state index contributed by atoms with van der Waals surface area (Å²) in [6.45, 7) is 0.598. The van der Waals surface area contributed by atoms with Crippen molar-refractivity contribution < 1.29 is 14.0 Å². The summed E-state index contributed by atoms with van der Waals surface area (Å²) in [7, 11) is 0. The summed E-state index contributed by atoms with van der Waals surface area (Å²) in [6.07, 6.45) is 7.97. The monoisotopic (exact) mass is 325 g/mol. The van der Waals surface area contributed by atoms with Crippen molar-refractivity contribution in [2.75, 3.05) is 13.1 Å². The average molecular weight is 325 g/mol. The Bertz CT molecular complexity index is 795. The van der Waals surface area contributed by atoms with Gasteiger partial charge in [0.25, 0.3) is 11.8 Å². The van der Waals surface area contributed by atoms with Crippen LogP contribution >= 0.6 is 0 Å². The van der Waals surface area contributed by atoms with E-state index in [0.717, 1.165) is 0 Å². The highest BCUT2D eigenvalue weighted by molar-refractivity contribution is 5.94. The van der Waals surface area contributed by atoms with Crippen LogP contribution in [0.2, 0.25) is 0 Å². The summed E-state index contributed by atoms with van der Waals surface area (Å²) in [5.74, 6) is 0.336. The Morgan fingerprint density at radius 3 is 2.58 bits per heavy atom. The second kappa shape index (κ2) is 7.23. The molecule has 0 bridgehead atoms.